The van der Waals surface area contributed by atoms with Crippen LogP contribution in [0.4, 0.5) is 5.82 Å². The van der Waals surface area contributed by atoms with Gasteiger partial charge in [-0.25, -0.2) is 15.0 Å². The standard InChI is InChI=1S/C22H29ClN6O.HI/c1-2-24-22(27-13-17-7-8-20(26-12-17)30-15-16-5-6-16)28-18-9-11-29(14-18)21-19(23)4-3-10-25-21;/h3-4,7-8,10,12,16,18H,2,5-6,9,11,13-15H2,1H3,(H2,24,27,28);1H. The second kappa shape index (κ2) is 11.7. The summed E-state index contributed by atoms with van der Waals surface area (Å²) in [5.74, 6) is 3.08. The smallest absolute Gasteiger partial charge is 0.213 e. The molecule has 2 N–H and O–H groups in total. The van der Waals surface area contributed by atoms with E-state index in [0.717, 1.165) is 55.9 Å². The van der Waals surface area contributed by atoms with Crippen LogP contribution in [-0.2, 0) is 6.54 Å². The van der Waals surface area contributed by atoms with Crippen molar-refractivity contribution in [2.75, 3.05) is 31.1 Å². The summed E-state index contributed by atoms with van der Waals surface area (Å²) < 4.78 is 5.70. The first-order chi connectivity index (χ1) is 14.7. The third-order valence-electron chi connectivity index (χ3n) is 5.29. The molecule has 1 saturated heterocycles. The van der Waals surface area contributed by atoms with Crippen LogP contribution < -0.4 is 20.3 Å². The van der Waals surface area contributed by atoms with E-state index in [2.05, 4.69) is 32.4 Å². The SMILES string of the molecule is CCNC(=NCc1ccc(OCC2CC2)nc1)NC1CCN(c2ncccc2Cl)C1.I. The second-order valence-corrected chi connectivity index (χ2v) is 8.25. The molecule has 0 bridgehead atoms. The van der Waals surface area contributed by atoms with E-state index in [1.807, 2.05) is 30.5 Å². The Morgan fingerprint density at radius 2 is 2.13 bits per heavy atom. The van der Waals surface area contributed by atoms with Gasteiger partial charge in [-0.1, -0.05) is 17.7 Å². The number of guanidine groups is 1. The summed E-state index contributed by atoms with van der Waals surface area (Å²) in [5.41, 5.74) is 1.05. The van der Waals surface area contributed by atoms with Crippen molar-refractivity contribution in [2.45, 2.75) is 38.8 Å². The lowest BCUT2D eigenvalue weighted by Gasteiger charge is -2.20. The monoisotopic (exact) mass is 556 g/mol. The number of anilines is 1. The van der Waals surface area contributed by atoms with Crippen LogP contribution in [0.1, 0.15) is 31.7 Å². The third kappa shape index (κ3) is 7.10. The van der Waals surface area contributed by atoms with Crippen molar-refractivity contribution >= 4 is 47.4 Å². The van der Waals surface area contributed by atoms with Crippen molar-refractivity contribution in [1.29, 1.82) is 0 Å². The first-order valence-corrected chi connectivity index (χ1v) is 11.1. The van der Waals surface area contributed by atoms with Crippen LogP contribution in [0.2, 0.25) is 5.02 Å². The quantitative estimate of drug-likeness (QED) is 0.292. The summed E-state index contributed by atoms with van der Waals surface area (Å²) in [4.78, 5) is 15.8. The molecule has 168 valence electrons. The molecule has 3 heterocycles. The molecule has 1 atom stereocenters. The molecule has 7 nitrogen and oxygen atoms in total. The topological polar surface area (TPSA) is 74.7 Å². The van der Waals surface area contributed by atoms with Gasteiger partial charge in [-0.15, -0.1) is 24.0 Å². The molecule has 2 aromatic rings. The summed E-state index contributed by atoms with van der Waals surface area (Å²) in [5, 5.41) is 7.56. The molecule has 0 amide bonds. The lowest BCUT2D eigenvalue weighted by molar-refractivity contribution is 0.288. The van der Waals surface area contributed by atoms with Crippen LogP contribution in [0.3, 0.4) is 0 Å². The van der Waals surface area contributed by atoms with Crippen LogP contribution in [0.5, 0.6) is 5.88 Å². The zero-order valence-corrected chi connectivity index (χ0v) is 20.8. The van der Waals surface area contributed by atoms with Crippen LogP contribution in [-0.4, -0.2) is 48.2 Å². The highest BCUT2D eigenvalue weighted by atomic mass is 127. The van der Waals surface area contributed by atoms with Crippen molar-refractivity contribution in [1.82, 2.24) is 20.6 Å². The number of nitrogens with one attached hydrogen (secondary N) is 2. The second-order valence-electron chi connectivity index (χ2n) is 7.84. The van der Waals surface area contributed by atoms with Gasteiger partial charge in [0, 0.05) is 44.1 Å². The maximum atomic E-state index is 6.30. The highest BCUT2D eigenvalue weighted by Gasteiger charge is 2.25. The Morgan fingerprint density at radius 1 is 1.26 bits per heavy atom. The predicted octanol–water partition coefficient (Wildman–Crippen LogP) is 3.87. The van der Waals surface area contributed by atoms with Crippen LogP contribution in [0, 0.1) is 5.92 Å². The van der Waals surface area contributed by atoms with Gasteiger partial charge < -0.3 is 20.3 Å². The van der Waals surface area contributed by atoms with Gasteiger partial charge in [-0.3, -0.25) is 0 Å². The number of nitrogens with zero attached hydrogens (tertiary/aromatic N) is 4. The summed E-state index contributed by atoms with van der Waals surface area (Å²) in [6, 6.07) is 7.99. The molecule has 0 radical (unpaired) electrons. The Morgan fingerprint density at radius 3 is 2.84 bits per heavy atom. The van der Waals surface area contributed by atoms with Crippen molar-refractivity contribution in [3.05, 3.63) is 47.2 Å². The van der Waals surface area contributed by atoms with Gasteiger partial charge in [-0.05, 0) is 49.8 Å². The number of aliphatic imine (C=N–C) groups is 1. The molecule has 1 saturated carbocycles. The molecule has 2 aromatic heterocycles. The first-order valence-electron chi connectivity index (χ1n) is 10.7. The number of rotatable bonds is 8. The molecule has 0 aromatic carbocycles. The summed E-state index contributed by atoms with van der Waals surface area (Å²) in [7, 11) is 0. The maximum Gasteiger partial charge on any atom is 0.213 e. The fourth-order valence-electron chi connectivity index (χ4n) is 3.44. The van der Waals surface area contributed by atoms with Crippen molar-refractivity contribution in [3.8, 4) is 5.88 Å². The van der Waals surface area contributed by atoms with E-state index in [1.54, 1.807) is 6.20 Å². The summed E-state index contributed by atoms with van der Waals surface area (Å²) in [6.07, 6.45) is 7.19. The molecule has 2 fully saturated rings. The molecule has 4 rings (SSSR count). The molecular weight excluding hydrogens is 527 g/mol. The van der Waals surface area contributed by atoms with Crippen molar-refractivity contribution in [3.63, 3.8) is 0 Å². The Kier molecular flexibility index (Phi) is 9.01. The van der Waals surface area contributed by atoms with Crippen molar-refractivity contribution in [2.24, 2.45) is 10.9 Å². The largest absolute Gasteiger partial charge is 0.477 e. The number of pyridine rings is 2. The minimum Gasteiger partial charge on any atom is -0.477 e. The normalized spacial score (nSPS) is 18.5. The molecule has 2 aliphatic rings. The Balaban J connectivity index is 0.00000272. The molecule has 1 unspecified atom stereocenters. The first kappa shape index (κ1) is 23.8. The molecule has 1 aliphatic heterocycles. The van der Waals surface area contributed by atoms with E-state index < -0.39 is 0 Å². The lowest BCUT2D eigenvalue weighted by Crippen LogP contribution is -2.44. The molecule has 0 spiro atoms. The highest BCUT2D eigenvalue weighted by molar-refractivity contribution is 14.0. The average Bonchev–Trinajstić information content (AvgIpc) is 3.49. The van der Waals surface area contributed by atoms with E-state index >= 15 is 0 Å². The molecular formula is C22H30ClIN6O. The van der Waals surface area contributed by atoms with Gasteiger partial charge >= 0.3 is 0 Å². The van der Waals surface area contributed by atoms with E-state index in [9.17, 15) is 0 Å². The van der Waals surface area contributed by atoms with Crippen LogP contribution in [0.25, 0.3) is 0 Å². The van der Waals surface area contributed by atoms with Gasteiger partial charge in [0.15, 0.2) is 5.96 Å². The summed E-state index contributed by atoms with van der Waals surface area (Å²) >= 11 is 6.30. The van der Waals surface area contributed by atoms with Gasteiger partial charge in [0.1, 0.15) is 5.82 Å². The number of hydrogen-bond donors (Lipinski definition) is 2. The van der Waals surface area contributed by atoms with Gasteiger partial charge in [0.2, 0.25) is 5.88 Å². The van der Waals surface area contributed by atoms with Gasteiger partial charge in [0.05, 0.1) is 18.2 Å². The highest BCUT2D eigenvalue weighted by Crippen LogP contribution is 2.29. The minimum atomic E-state index is 0. The number of hydrogen-bond acceptors (Lipinski definition) is 5. The molecule has 9 heteroatoms. The van der Waals surface area contributed by atoms with Gasteiger partial charge in [0.25, 0.3) is 0 Å². The Bertz CT molecular complexity index is 861. The van der Waals surface area contributed by atoms with Crippen molar-refractivity contribution < 1.29 is 4.74 Å². The van der Waals surface area contributed by atoms with Gasteiger partial charge in [-0.2, -0.15) is 0 Å². The van der Waals surface area contributed by atoms with E-state index in [-0.39, 0.29) is 30.0 Å². The third-order valence-corrected chi connectivity index (χ3v) is 5.59. The average molecular weight is 557 g/mol. The van der Waals surface area contributed by atoms with E-state index in [0.29, 0.717) is 17.4 Å². The Hall–Kier alpha value is -1.81. The summed E-state index contributed by atoms with van der Waals surface area (Å²) in [6.45, 7) is 5.98. The fourth-order valence-corrected chi connectivity index (χ4v) is 3.68. The number of ether oxygens (including phenoxy) is 1. The maximum absolute atomic E-state index is 6.30. The number of halogens is 2. The van der Waals surface area contributed by atoms with Crippen LogP contribution in [0.15, 0.2) is 41.7 Å². The predicted molar refractivity (Wildman–Crippen MR) is 136 cm³/mol. The Labute approximate surface area is 206 Å². The van der Waals surface area contributed by atoms with E-state index in [4.69, 9.17) is 21.3 Å². The number of aromatic nitrogens is 2. The molecule has 31 heavy (non-hydrogen) atoms. The fraction of sp³-hybridized carbons (Fsp3) is 0.500. The molecule has 1 aliphatic carbocycles. The zero-order chi connectivity index (χ0) is 20.8. The zero-order valence-electron chi connectivity index (χ0n) is 17.8. The van der Waals surface area contributed by atoms with Crippen LogP contribution >= 0.6 is 35.6 Å². The minimum absolute atomic E-state index is 0. The van der Waals surface area contributed by atoms with E-state index in [1.165, 1.54) is 12.8 Å². The lowest BCUT2D eigenvalue weighted by atomic mass is 10.2.